The molecule has 8 nitrogen and oxygen atoms in total. The highest BCUT2D eigenvalue weighted by Crippen LogP contribution is 2.35. The number of aromatic nitrogens is 1. The molecule has 3 amide bonds. The molecule has 3 N–H and O–H groups in total. The Hall–Kier alpha value is -4.17. The molecule has 6 rings (SSSR count). The van der Waals surface area contributed by atoms with E-state index in [-0.39, 0.29) is 23.8 Å². The van der Waals surface area contributed by atoms with Gasteiger partial charge in [0.2, 0.25) is 0 Å². The van der Waals surface area contributed by atoms with Crippen LogP contribution < -0.4 is 10.6 Å². The number of carbonyl (C=O) groups excluding carboxylic acids is 3. The maximum atomic E-state index is 13.8. The largest absolute Gasteiger partial charge is 0.358 e. The van der Waals surface area contributed by atoms with Gasteiger partial charge in [-0.1, -0.05) is 30.3 Å². The zero-order valence-electron chi connectivity index (χ0n) is 23.8. The van der Waals surface area contributed by atoms with E-state index in [1.165, 1.54) is 12.8 Å². The molecule has 2 aromatic carbocycles. The molecule has 1 aromatic heterocycles. The number of nitrogens with zero attached hydrogens (tertiary/aromatic N) is 2. The SMILES string of the molecule is Cc1[nH]c(/C=C2\C(=O)Nc3ccc(C(=O)NCc4ccccc4)cc32)c(C)c1C(=O)N1CCC[C@H]1CN1CCCC1. The molecule has 8 heteroatoms. The number of carbonyl (C=O) groups is 3. The molecule has 0 saturated carbocycles. The molecular formula is C33H37N5O3. The van der Waals surface area contributed by atoms with Crippen molar-refractivity contribution in [2.45, 2.75) is 52.1 Å². The Labute approximate surface area is 240 Å². The molecule has 3 aliphatic heterocycles. The van der Waals surface area contributed by atoms with Crippen LogP contribution in [0, 0.1) is 13.8 Å². The molecule has 3 aromatic rings. The second-order valence-corrected chi connectivity index (χ2v) is 11.4. The van der Waals surface area contributed by atoms with Gasteiger partial charge in [-0.15, -0.1) is 0 Å². The summed E-state index contributed by atoms with van der Waals surface area (Å²) >= 11 is 0. The Morgan fingerprint density at radius 3 is 2.59 bits per heavy atom. The molecule has 0 radical (unpaired) electrons. The monoisotopic (exact) mass is 551 g/mol. The first-order valence-corrected chi connectivity index (χ1v) is 14.6. The molecule has 2 saturated heterocycles. The molecule has 0 unspecified atom stereocenters. The van der Waals surface area contributed by atoms with E-state index in [4.69, 9.17) is 0 Å². The predicted octanol–water partition coefficient (Wildman–Crippen LogP) is 4.75. The van der Waals surface area contributed by atoms with Gasteiger partial charge in [-0.05, 0) is 88.0 Å². The van der Waals surface area contributed by atoms with Crippen LogP contribution in [0.5, 0.6) is 0 Å². The van der Waals surface area contributed by atoms with E-state index in [0.717, 1.165) is 61.5 Å². The van der Waals surface area contributed by atoms with Crippen molar-refractivity contribution >= 4 is 35.1 Å². The molecule has 4 heterocycles. The van der Waals surface area contributed by atoms with E-state index in [0.29, 0.717) is 34.5 Å². The quantitative estimate of drug-likeness (QED) is 0.369. The van der Waals surface area contributed by atoms with Crippen LogP contribution in [0.25, 0.3) is 11.6 Å². The molecule has 41 heavy (non-hydrogen) atoms. The third-order valence-corrected chi connectivity index (χ3v) is 8.64. The van der Waals surface area contributed by atoms with E-state index in [9.17, 15) is 14.4 Å². The minimum atomic E-state index is -0.230. The Morgan fingerprint density at radius 1 is 1.02 bits per heavy atom. The number of anilines is 1. The van der Waals surface area contributed by atoms with E-state index in [1.54, 1.807) is 24.3 Å². The number of hydrogen-bond acceptors (Lipinski definition) is 4. The smallest absolute Gasteiger partial charge is 0.256 e. The molecule has 0 bridgehead atoms. The first kappa shape index (κ1) is 27.0. The second-order valence-electron chi connectivity index (χ2n) is 11.4. The number of nitrogens with one attached hydrogen (secondary N) is 3. The maximum absolute atomic E-state index is 13.8. The van der Waals surface area contributed by atoms with Crippen LogP contribution >= 0.6 is 0 Å². The summed E-state index contributed by atoms with van der Waals surface area (Å²) in [5, 5.41) is 5.86. The van der Waals surface area contributed by atoms with E-state index in [1.807, 2.05) is 44.2 Å². The number of rotatable bonds is 7. The summed E-state index contributed by atoms with van der Waals surface area (Å²) in [5.74, 6) is -0.368. The molecule has 212 valence electrons. The summed E-state index contributed by atoms with van der Waals surface area (Å²) < 4.78 is 0. The van der Waals surface area contributed by atoms with E-state index in [2.05, 4.69) is 25.4 Å². The molecule has 0 aliphatic carbocycles. The lowest BCUT2D eigenvalue weighted by Crippen LogP contribution is -2.42. The summed E-state index contributed by atoms with van der Waals surface area (Å²) in [5.41, 5.74) is 6.37. The molecule has 2 fully saturated rings. The standard InChI is InChI=1S/C33H37N5O3/c1-21-29(35-22(2)30(21)33(41)38-16-8-11-25(38)20-37-14-6-7-15-37)18-27-26-17-24(12-13-28(26)36-32(27)40)31(39)34-19-23-9-4-3-5-10-23/h3-5,9-10,12-13,17-18,25,35H,6-8,11,14-16,19-20H2,1-2H3,(H,34,39)(H,36,40)/b27-18-/t25-/m0/s1. The van der Waals surface area contributed by atoms with Crippen LogP contribution in [0.4, 0.5) is 5.69 Å². The van der Waals surface area contributed by atoms with Crippen LogP contribution in [0.3, 0.4) is 0 Å². The normalized spacial score (nSPS) is 19.6. The number of H-pyrrole nitrogens is 1. The van der Waals surface area contributed by atoms with Gasteiger partial charge >= 0.3 is 0 Å². The first-order chi connectivity index (χ1) is 19.9. The van der Waals surface area contributed by atoms with Crippen molar-refractivity contribution in [2.75, 3.05) is 31.5 Å². The zero-order chi connectivity index (χ0) is 28.5. The zero-order valence-corrected chi connectivity index (χ0v) is 23.8. The van der Waals surface area contributed by atoms with Crippen LogP contribution in [-0.4, -0.2) is 64.7 Å². The maximum Gasteiger partial charge on any atom is 0.256 e. The summed E-state index contributed by atoms with van der Waals surface area (Å²) in [6.45, 7) is 8.26. The predicted molar refractivity (Wildman–Crippen MR) is 161 cm³/mol. The average molecular weight is 552 g/mol. The number of aryl methyl sites for hydroxylation is 1. The van der Waals surface area contributed by atoms with E-state index >= 15 is 0 Å². The highest BCUT2D eigenvalue weighted by atomic mass is 16.2. The number of benzene rings is 2. The fourth-order valence-electron chi connectivity index (χ4n) is 6.44. The number of fused-ring (bicyclic) bond motifs is 1. The minimum absolute atomic E-state index is 0.0660. The summed E-state index contributed by atoms with van der Waals surface area (Å²) in [7, 11) is 0. The Bertz CT molecular complexity index is 1520. The average Bonchev–Trinajstić information content (AvgIpc) is 3.77. The Balaban J connectivity index is 1.23. The molecule has 0 spiro atoms. The fraction of sp³-hybridized carbons (Fsp3) is 0.364. The van der Waals surface area contributed by atoms with Gasteiger partial charge in [0.25, 0.3) is 17.7 Å². The van der Waals surface area contributed by atoms with Crippen molar-refractivity contribution in [1.82, 2.24) is 20.1 Å². The second kappa shape index (κ2) is 11.4. The lowest BCUT2D eigenvalue weighted by molar-refractivity contribution is -0.110. The first-order valence-electron chi connectivity index (χ1n) is 14.6. The molecule has 3 aliphatic rings. The number of likely N-dealkylation sites (tertiary alicyclic amines) is 2. The fourth-order valence-corrected chi connectivity index (χ4v) is 6.44. The highest BCUT2D eigenvalue weighted by molar-refractivity contribution is 6.35. The van der Waals surface area contributed by atoms with Crippen molar-refractivity contribution in [3.8, 4) is 0 Å². The Morgan fingerprint density at radius 2 is 1.80 bits per heavy atom. The Kier molecular flexibility index (Phi) is 7.49. The van der Waals surface area contributed by atoms with Gasteiger partial charge in [-0.2, -0.15) is 0 Å². The van der Waals surface area contributed by atoms with E-state index < -0.39 is 0 Å². The highest BCUT2D eigenvalue weighted by Gasteiger charge is 2.34. The van der Waals surface area contributed by atoms with Gasteiger partial charge in [-0.25, -0.2) is 0 Å². The summed E-state index contributed by atoms with van der Waals surface area (Å²) in [6.07, 6.45) is 6.36. The third kappa shape index (κ3) is 5.44. The molecule has 1 atom stereocenters. The van der Waals surface area contributed by atoms with Gasteiger partial charge in [0.05, 0.1) is 11.1 Å². The number of amides is 3. The van der Waals surface area contributed by atoms with Crippen LogP contribution in [0.15, 0.2) is 48.5 Å². The number of hydrogen-bond donors (Lipinski definition) is 3. The van der Waals surface area contributed by atoms with Gasteiger partial charge in [0, 0.05) is 53.9 Å². The number of aromatic amines is 1. The van der Waals surface area contributed by atoms with Crippen molar-refractivity contribution in [2.24, 2.45) is 0 Å². The van der Waals surface area contributed by atoms with Gasteiger partial charge < -0.3 is 25.4 Å². The van der Waals surface area contributed by atoms with Crippen molar-refractivity contribution < 1.29 is 14.4 Å². The lowest BCUT2D eigenvalue weighted by Gasteiger charge is -2.28. The van der Waals surface area contributed by atoms with Crippen LogP contribution in [0.1, 0.15) is 74.5 Å². The van der Waals surface area contributed by atoms with Gasteiger partial charge in [0.1, 0.15) is 0 Å². The van der Waals surface area contributed by atoms with Crippen LogP contribution in [-0.2, 0) is 11.3 Å². The topological polar surface area (TPSA) is 97.5 Å². The summed E-state index contributed by atoms with van der Waals surface area (Å²) in [6, 6.07) is 15.2. The minimum Gasteiger partial charge on any atom is -0.358 e. The third-order valence-electron chi connectivity index (χ3n) is 8.64. The van der Waals surface area contributed by atoms with Gasteiger partial charge in [0.15, 0.2) is 0 Å². The van der Waals surface area contributed by atoms with Crippen molar-refractivity contribution in [1.29, 1.82) is 0 Å². The molecular weight excluding hydrogens is 514 g/mol. The van der Waals surface area contributed by atoms with Crippen molar-refractivity contribution in [3.05, 3.63) is 87.7 Å². The lowest BCUT2D eigenvalue weighted by atomic mass is 10.0. The summed E-state index contributed by atoms with van der Waals surface area (Å²) in [4.78, 5) is 47.6. The van der Waals surface area contributed by atoms with Crippen molar-refractivity contribution in [3.63, 3.8) is 0 Å². The van der Waals surface area contributed by atoms with Gasteiger partial charge in [-0.3, -0.25) is 14.4 Å². The van der Waals surface area contributed by atoms with Crippen LogP contribution in [0.2, 0.25) is 0 Å².